The molecule has 2 aromatic rings. The molecule has 0 radical (unpaired) electrons. The Bertz CT molecular complexity index is 654. The van der Waals surface area contributed by atoms with Crippen LogP contribution in [0.25, 0.3) is 0 Å². The minimum absolute atomic E-state index is 0.105. The molecular formula is C12H12N4O3S. The minimum atomic E-state index is -1.05. The van der Waals surface area contributed by atoms with Crippen LogP contribution in [0.15, 0.2) is 28.7 Å². The molecule has 1 aromatic carbocycles. The molecule has 0 spiro atoms. The molecule has 4 N–H and O–H groups in total. The number of nitrogens with one attached hydrogen (secondary N) is 1. The van der Waals surface area contributed by atoms with Crippen LogP contribution in [0.3, 0.4) is 0 Å². The molecule has 1 heterocycles. The molecular weight excluding hydrogens is 280 g/mol. The summed E-state index contributed by atoms with van der Waals surface area (Å²) in [6.07, 6.45) is 1.40. The van der Waals surface area contributed by atoms with Gasteiger partial charge in [0.25, 0.3) is 0 Å². The van der Waals surface area contributed by atoms with Gasteiger partial charge in [0, 0.05) is 10.9 Å². The van der Waals surface area contributed by atoms with Crippen LogP contribution in [0.2, 0.25) is 0 Å². The van der Waals surface area contributed by atoms with Crippen LogP contribution < -0.4 is 15.9 Å². The van der Waals surface area contributed by atoms with Gasteiger partial charge in [-0.15, -0.1) is 11.3 Å². The number of carbonyl (C=O) groups is 1. The first-order valence-corrected chi connectivity index (χ1v) is 6.39. The Kier molecular flexibility index (Phi) is 4.16. The lowest BCUT2D eigenvalue weighted by atomic mass is 10.1. The number of anilines is 2. The van der Waals surface area contributed by atoms with E-state index in [0.717, 1.165) is 0 Å². The van der Waals surface area contributed by atoms with Crippen LogP contribution in [0.5, 0.6) is 5.75 Å². The first kappa shape index (κ1) is 13.8. The second-order valence-electron chi connectivity index (χ2n) is 3.71. The smallest absolute Gasteiger partial charge is 0.336 e. The van der Waals surface area contributed by atoms with Crippen molar-refractivity contribution in [1.82, 2.24) is 4.98 Å². The molecule has 7 nitrogen and oxygen atoms in total. The lowest BCUT2D eigenvalue weighted by molar-refractivity contribution is 0.0696. The van der Waals surface area contributed by atoms with Crippen LogP contribution in [0.4, 0.5) is 10.9 Å². The number of nitrogens with two attached hydrogens (primary N) is 1. The van der Waals surface area contributed by atoms with Crippen molar-refractivity contribution in [2.24, 2.45) is 5.10 Å². The first-order chi connectivity index (χ1) is 9.60. The summed E-state index contributed by atoms with van der Waals surface area (Å²) >= 11 is 1.30. The molecule has 0 fully saturated rings. The Morgan fingerprint density at radius 3 is 3.00 bits per heavy atom. The predicted octanol–water partition coefficient (Wildman–Crippen LogP) is 1.88. The van der Waals surface area contributed by atoms with Crippen molar-refractivity contribution in [2.45, 2.75) is 0 Å². The van der Waals surface area contributed by atoms with Crippen molar-refractivity contribution in [3.8, 4) is 5.75 Å². The monoisotopic (exact) mass is 292 g/mol. The first-order valence-electron chi connectivity index (χ1n) is 5.51. The van der Waals surface area contributed by atoms with Crippen LogP contribution in [0, 0.1) is 0 Å². The Labute approximate surface area is 118 Å². The highest BCUT2D eigenvalue weighted by Crippen LogP contribution is 2.18. The number of nitrogens with zero attached hydrogens (tertiary/aromatic N) is 2. The van der Waals surface area contributed by atoms with Crippen molar-refractivity contribution in [3.05, 3.63) is 34.7 Å². The van der Waals surface area contributed by atoms with E-state index >= 15 is 0 Å². The highest BCUT2D eigenvalue weighted by atomic mass is 32.1. The third-order valence-electron chi connectivity index (χ3n) is 2.38. The third-order valence-corrected chi connectivity index (χ3v) is 3.14. The van der Waals surface area contributed by atoms with Crippen LogP contribution in [0.1, 0.15) is 15.9 Å². The van der Waals surface area contributed by atoms with Crippen LogP contribution in [-0.2, 0) is 0 Å². The number of hydrogen-bond acceptors (Lipinski definition) is 7. The van der Waals surface area contributed by atoms with Gasteiger partial charge in [-0.25, -0.2) is 9.78 Å². The average Bonchev–Trinajstić information content (AvgIpc) is 2.84. The Morgan fingerprint density at radius 1 is 1.60 bits per heavy atom. The van der Waals surface area contributed by atoms with Crippen molar-refractivity contribution in [2.75, 3.05) is 18.3 Å². The van der Waals surface area contributed by atoms with Crippen molar-refractivity contribution in [1.29, 1.82) is 0 Å². The summed E-state index contributed by atoms with van der Waals surface area (Å²) in [7, 11) is 1.48. The van der Waals surface area contributed by atoms with Crippen molar-refractivity contribution in [3.63, 3.8) is 0 Å². The number of nitrogen functional groups attached to an aromatic ring is 1. The summed E-state index contributed by atoms with van der Waals surface area (Å²) in [6, 6.07) is 4.71. The number of thiazole rings is 1. The highest BCUT2D eigenvalue weighted by Gasteiger charge is 2.10. The maximum absolute atomic E-state index is 11.2. The summed E-state index contributed by atoms with van der Waals surface area (Å²) in [5.41, 5.74) is 8.71. The van der Waals surface area contributed by atoms with Crippen molar-refractivity contribution < 1.29 is 14.6 Å². The summed E-state index contributed by atoms with van der Waals surface area (Å²) in [5.74, 6) is -0.174. The predicted molar refractivity (Wildman–Crippen MR) is 77.7 cm³/mol. The molecule has 0 unspecified atom stereocenters. The van der Waals surface area contributed by atoms with E-state index in [1.807, 2.05) is 0 Å². The summed E-state index contributed by atoms with van der Waals surface area (Å²) in [5, 5.41) is 15.3. The molecule has 8 heteroatoms. The zero-order valence-corrected chi connectivity index (χ0v) is 11.3. The quantitative estimate of drug-likeness (QED) is 0.573. The van der Waals surface area contributed by atoms with Gasteiger partial charge in [0.2, 0.25) is 5.13 Å². The lowest BCUT2D eigenvalue weighted by Crippen LogP contribution is -2.03. The molecule has 0 aliphatic carbocycles. The standard InChI is InChI=1S/C12H12N4O3S/c1-19-8-3-2-7(9(4-8)11(17)18)5-14-16-12-15-10(13)6-20-12/h2-6H,13H2,1H3,(H,15,16)(H,17,18). The van der Waals surface area contributed by atoms with E-state index in [1.165, 1.54) is 30.7 Å². The molecule has 0 saturated carbocycles. The second-order valence-corrected chi connectivity index (χ2v) is 4.56. The number of carboxylic acid groups (broad SMARTS) is 1. The van der Waals surface area contributed by atoms with Gasteiger partial charge in [-0.2, -0.15) is 5.10 Å². The van der Waals surface area contributed by atoms with Crippen molar-refractivity contribution >= 4 is 34.5 Å². The Hall–Kier alpha value is -2.61. The number of benzene rings is 1. The average molecular weight is 292 g/mol. The van der Waals surface area contributed by atoms with Gasteiger partial charge in [0.15, 0.2) is 0 Å². The number of carboxylic acids is 1. The maximum atomic E-state index is 11.2. The zero-order valence-electron chi connectivity index (χ0n) is 10.5. The molecule has 0 saturated heterocycles. The minimum Gasteiger partial charge on any atom is -0.497 e. The van der Waals surface area contributed by atoms with Gasteiger partial charge < -0.3 is 15.6 Å². The Balaban J connectivity index is 2.17. The van der Waals surface area contributed by atoms with Crippen LogP contribution >= 0.6 is 11.3 Å². The molecule has 0 aliphatic rings. The van der Waals surface area contributed by atoms with E-state index in [1.54, 1.807) is 17.5 Å². The van der Waals surface area contributed by atoms with E-state index in [9.17, 15) is 4.79 Å². The normalized spacial score (nSPS) is 10.7. The fourth-order valence-electron chi connectivity index (χ4n) is 1.45. The molecule has 1 aromatic heterocycles. The summed E-state index contributed by atoms with van der Waals surface area (Å²) in [6.45, 7) is 0. The largest absolute Gasteiger partial charge is 0.497 e. The van der Waals surface area contributed by atoms with E-state index in [-0.39, 0.29) is 5.56 Å². The number of methoxy groups -OCH3 is 1. The number of aromatic nitrogens is 1. The topological polar surface area (TPSA) is 110 Å². The molecule has 2 rings (SSSR count). The summed E-state index contributed by atoms with van der Waals surface area (Å²) in [4.78, 5) is 15.1. The molecule has 20 heavy (non-hydrogen) atoms. The van der Waals surface area contributed by atoms with E-state index < -0.39 is 5.97 Å². The van der Waals surface area contributed by atoms with E-state index in [0.29, 0.717) is 22.3 Å². The number of hydrazone groups is 1. The van der Waals surface area contributed by atoms with Gasteiger partial charge in [-0.3, -0.25) is 5.43 Å². The number of rotatable bonds is 5. The van der Waals surface area contributed by atoms with Gasteiger partial charge >= 0.3 is 5.97 Å². The molecule has 0 aliphatic heterocycles. The Morgan fingerprint density at radius 2 is 2.40 bits per heavy atom. The van der Waals surface area contributed by atoms with Gasteiger partial charge in [-0.05, 0) is 18.2 Å². The van der Waals surface area contributed by atoms with Gasteiger partial charge in [0.1, 0.15) is 11.6 Å². The highest BCUT2D eigenvalue weighted by molar-refractivity contribution is 7.14. The second kappa shape index (κ2) is 6.02. The number of aromatic carboxylic acids is 1. The molecule has 0 amide bonds. The molecule has 0 atom stereocenters. The fraction of sp³-hybridized carbons (Fsp3) is 0.0833. The SMILES string of the molecule is COc1ccc(C=NNc2nc(N)cs2)c(C(=O)O)c1. The third kappa shape index (κ3) is 3.23. The molecule has 104 valence electrons. The lowest BCUT2D eigenvalue weighted by Gasteiger charge is -2.04. The summed E-state index contributed by atoms with van der Waals surface area (Å²) < 4.78 is 4.99. The van der Waals surface area contributed by atoms with Crippen LogP contribution in [-0.4, -0.2) is 29.4 Å². The van der Waals surface area contributed by atoms with Gasteiger partial charge in [0.05, 0.1) is 18.9 Å². The zero-order chi connectivity index (χ0) is 14.5. The number of ether oxygens (including phenoxy) is 1. The van der Waals surface area contributed by atoms with Gasteiger partial charge in [-0.1, -0.05) is 0 Å². The maximum Gasteiger partial charge on any atom is 0.336 e. The van der Waals surface area contributed by atoms with E-state index in [4.69, 9.17) is 15.6 Å². The van der Waals surface area contributed by atoms with E-state index in [2.05, 4.69) is 15.5 Å². The fourth-order valence-corrected chi connectivity index (χ4v) is 2.00. The molecule has 0 bridgehead atoms. The number of hydrogen-bond donors (Lipinski definition) is 3.